The number of hydrogen-bond acceptors (Lipinski definition) is 2. The lowest BCUT2D eigenvalue weighted by Crippen LogP contribution is -2.31. The fraction of sp³-hybridized carbons (Fsp3) is 0.647. The molecule has 0 aliphatic heterocycles. The number of nitrogens with one attached hydrogen (secondary N) is 1. The van der Waals surface area contributed by atoms with Gasteiger partial charge in [-0.2, -0.15) is 0 Å². The molecule has 0 saturated heterocycles. The lowest BCUT2D eigenvalue weighted by molar-refractivity contribution is 0.288. The van der Waals surface area contributed by atoms with Crippen molar-refractivity contribution in [3.63, 3.8) is 0 Å². The molecule has 20 heavy (non-hydrogen) atoms. The Morgan fingerprint density at radius 1 is 1.15 bits per heavy atom. The molecule has 0 aliphatic rings. The van der Waals surface area contributed by atoms with Crippen molar-refractivity contribution in [3.05, 3.63) is 34.9 Å². The van der Waals surface area contributed by atoms with Crippen LogP contribution in [0.3, 0.4) is 0 Å². The van der Waals surface area contributed by atoms with E-state index in [-0.39, 0.29) is 0 Å². The van der Waals surface area contributed by atoms with Gasteiger partial charge in [0.2, 0.25) is 0 Å². The maximum absolute atomic E-state index is 6.24. The van der Waals surface area contributed by atoms with Gasteiger partial charge in [-0.25, -0.2) is 0 Å². The summed E-state index contributed by atoms with van der Waals surface area (Å²) in [6.45, 7) is 12.4. The molecule has 1 aromatic carbocycles. The number of nitrogens with zero attached hydrogens (tertiary/aromatic N) is 1. The smallest absolute Gasteiger partial charge is 0.0453 e. The minimum absolute atomic E-state index is 0.298. The van der Waals surface area contributed by atoms with Crippen molar-refractivity contribution in [2.24, 2.45) is 0 Å². The number of halogens is 1. The average Bonchev–Trinajstić information content (AvgIpc) is 2.44. The number of benzene rings is 1. The van der Waals surface area contributed by atoms with Crippen LogP contribution in [-0.2, 0) is 0 Å². The molecule has 0 radical (unpaired) electrons. The average molecular weight is 297 g/mol. The quantitative estimate of drug-likeness (QED) is 0.722. The molecule has 0 amide bonds. The maximum atomic E-state index is 6.24. The standard InChI is InChI=1S/C17H29ClN2/c1-5-20(6-2)13-9-10-14(3)19-15(4)16-11-7-8-12-17(16)18/h7-8,11-12,14-15,19H,5-6,9-10,13H2,1-4H3. The Labute approximate surface area is 129 Å². The molecule has 0 aliphatic carbocycles. The molecule has 0 spiro atoms. The van der Waals surface area contributed by atoms with Crippen molar-refractivity contribution in [1.29, 1.82) is 0 Å². The summed E-state index contributed by atoms with van der Waals surface area (Å²) in [6.07, 6.45) is 2.44. The molecule has 0 fully saturated rings. The first-order valence-corrected chi connectivity index (χ1v) is 8.19. The van der Waals surface area contributed by atoms with Gasteiger partial charge < -0.3 is 10.2 Å². The summed E-state index contributed by atoms with van der Waals surface area (Å²) in [5, 5.41) is 4.49. The Bertz CT molecular complexity index is 377. The molecule has 2 atom stereocenters. The van der Waals surface area contributed by atoms with Crippen LogP contribution in [0, 0.1) is 0 Å². The summed E-state index contributed by atoms with van der Waals surface area (Å²) in [6, 6.07) is 8.89. The third-order valence-corrected chi connectivity index (χ3v) is 4.26. The van der Waals surface area contributed by atoms with Crippen LogP contribution in [0.25, 0.3) is 0 Å². The predicted molar refractivity (Wildman–Crippen MR) is 89.5 cm³/mol. The largest absolute Gasteiger partial charge is 0.308 e. The van der Waals surface area contributed by atoms with Gasteiger partial charge in [0.25, 0.3) is 0 Å². The minimum atomic E-state index is 0.298. The van der Waals surface area contributed by atoms with Gasteiger partial charge in [-0.15, -0.1) is 0 Å². The predicted octanol–water partition coefficient (Wildman–Crippen LogP) is 4.50. The lowest BCUT2D eigenvalue weighted by atomic mass is 10.1. The highest BCUT2D eigenvalue weighted by Crippen LogP contribution is 2.22. The zero-order chi connectivity index (χ0) is 15.0. The zero-order valence-electron chi connectivity index (χ0n) is 13.3. The minimum Gasteiger partial charge on any atom is -0.308 e. The first kappa shape index (κ1) is 17.5. The maximum Gasteiger partial charge on any atom is 0.0453 e. The van der Waals surface area contributed by atoms with Crippen molar-refractivity contribution in [3.8, 4) is 0 Å². The summed E-state index contributed by atoms with van der Waals surface area (Å²) in [5.74, 6) is 0. The molecule has 0 heterocycles. The fourth-order valence-electron chi connectivity index (χ4n) is 2.59. The summed E-state index contributed by atoms with van der Waals surface area (Å²) < 4.78 is 0. The summed E-state index contributed by atoms with van der Waals surface area (Å²) in [5.41, 5.74) is 1.18. The van der Waals surface area contributed by atoms with E-state index in [4.69, 9.17) is 11.6 Å². The van der Waals surface area contributed by atoms with E-state index in [9.17, 15) is 0 Å². The molecule has 1 aromatic rings. The van der Waals surface area contributed by atoms with Gasteiger partial charge in [0.15, 0.2) is 0 Å². The van der Waals surface area contributed by atoms with Crippen molar-refractivity contribution in [2.45, 2.75) is 52.6 Å². The second kappa shape index (κ2) is 9.38. The van der Waals surface area contributed by atoms with Crippen molar-refractivity contribution < 1.29 is 0 Å². The zero-order valence-corrected chi connectivity index (χ0v) is 14.1. The van der Waals surface area contributed by atoms with Gasteiger partial charge in [0.1, 0.15) is 0 Å². The Balaban J connectivity index is 2.35. The Kier molecular flexibility index (Phi) is 8.20. The first-order valence-electron chi connectivity index (χ1n) is 7.81. The fourth-order valence-corrected chi connectivity index (χ4v) is 2.89. The van der Waals surface area contributed by atoms with Crippen LogP contribution in [0.5, 0.6) is 0 Å². The molecular weight excluding hydrogens is 268 g/mol. The van der Waals surface area contributed by atoms with Crippen LogP contribution in [0.2, 0.25) is 5.02 Å². The molecule has 114 valence electrons. The van der Waals surface area contributed by atoms with Crippen LogP contribution in [0.4, 0.5) is 0 Å². The topological polar surface area (TPSA) is 15.3 Å². The van der Waals surface area contributed by atoms with Crippen LogP contribution in [0.1, 0.15) is 52.1 Å². The van der Waals surface area contributed by atoms with E-state index < -0.39 is 0 Å². The van der Waals surface area contributed by atoms with E-state index in [1.165, 1.54) is 24.9 Å². The van der Waals surface area contributed by atoms with Crippen LogP contribution in [0.15, 0.2) is 24.3 Å². The molecular formula is C17H29ClN2. The van der Waals surface area contributed by atoms with E-state index in [0.29, 0.717) is 12.1 Å². The lowest BCUT2D eigenvalue weighted by Gasteiger charge is -2.23. The highest BCUT2D eigenvalue weighted by atomic mass is 35.5. The normalized spacial score (nSPS) is 14.5. The van der Waals surface area contributed by atoms with E-state index in [0.717, 1.165) is 18.1 Å². The summed E-state index contributed by atoms with van der Waals surface area (Å²) in [7, 11) is 0. The second-order valence-electron chi connectivity index (χ2n) is 5.48. The Hall–Kier alpha value is -0.570. The van der Waals surface area contributed by atoms with Crippen molar-refractivity contribution >= 4 is 11.6 Å². The van der Waals surface area contributed by atoms with Crippen LogP contribution < -0.4 is 5.32 Å². The number of rotatable bonds is 9. The van der Waals surface area contributed by atoms with Crippen LogP contribution in [-0.4, -0.2) is 30.6 Å². The molecule has 1 N–H and O–H groups in total. The number of hydrogen-bond donors (Lipinski definition) is 1. The summed E-state index contributed by atoms with van der Waals surface area (Å²) in [4.78, 5) is 2.48. The Morgan fingerprint density at radius 2 is 1.80 bits per heavy atom. The highest BCUT2D eigenvalue weighted by molar-refractivity contribution is 6.31. The first-order chi connectivity index (χ1) is 9.58. The molecule has 2 unspecified atom stereocenters. The molecule has 0 bridgehead atoms. The monoisotopic (exact) mass is 296 g/mol. The van der Waals surface area contributed by atoms with Gasteiger partial charge in [-0.1, -0.05) is 43.6 Å². The van der Waals surface area contributed by atoms with E-state index in [1.807, 2.05) is 18.2 Å². The van der Waals surface area contributed by atoms with E-state index in [1.54, 1.807) is 0 Å². The second-order valence-corrected chi connectivity index (χ2v) is 5.89. The third-order valence-electron chi connectivity index (χ3n) is 3.91. The molecule has 1 rings (SSSR count). The third kappa shape index (κ3) is 5.82. The van der Waals surface area contributed by atoms with Gasteiger partial charge >= 0.3 is 0 Å². The molecule has 0 saturated carbocycles. The van der Waals surface area contributed by atoms with Gasteiger partial charge in [-0.3, -0.25) is 0 Å². The van der Waals surface area contributed by atoms with Crippen molar-refractivity contribution in [1.82, 2.24) is 10.2 Å². The molecule has 0 aromatic heterocycles. The van der Waals surface area contributed by atoms with Gasteiger partial charge in [0, 0.05) is 17.1 Å². The van der Waals surface area contributed by atoms with Crippen molar-refractivity contribution in [2.75, 3.05) is 19.6 Å². The molecule has 3 heteroatoms. The summed E-state index contributed by atoms with van der Waals surface area (Å²) >= 11 is 6.24. The highest BCUT2D eigenvalue weighted by Gasteiger charge is 2.12. The van der Waals surface area contributed by atoms with E-state index in [2.05, 4.69) is 44.0 Å². The SMILES string of the molecule is CCN(CC)CCCC(C)NC(C)c1ccccc1Cl. The van der Waals surface area contributed by atoms with Gasteiger partial charge in [-0.05, 0) is 58.0 Å². The Morgan fingerprint density at radius 3 is 2.40 bits per heavy atom. The van der Waals surface area contributed by atoms with Crippen LogP contribution >= 0.6 is 11.6 Å². The molecule has 2 nitrogen and oxygen atoms in total. The van der Waals surface area contributed by atoms with E-state index >= 15 is 0 Å². The van der Waals surface area contributed by atoms with Gasteiger partial charge in [0.05, 0.1) is 0 Å².